The van der Waals surface area contributed by atoms with Crippen molar-refractivity contribution in [1.82, 2.24) is 5.32 Å². The van der Waals surface area contributed by atoms with Crippen molar-refractivity contribution < 1.29 is 23.4 Å². The lowest BCUT2D eigenvalue weighted by Gasteiger charge is -2.25. The van der Waals surface area contributed by atoms with Crippen LogP contribution in [0.5, 0.6) is 17.2 Å². The van der Waals surface area contributed by atoms with Crippen molar-refractivity contribution >= 4 is 12.0 Å². The molecule has 150 valence electrons. The van der Waals surface area contributed by atoms with E-state index in [1.165, 1.54) is 33.5 Å². The largest absolute Gasteiger partial charge is 0.493 e. The van der Waals surface area contributed by atoms with Crippen LogP contribution < -0.4 is 19.5 Å². The predicted octanol–water partition coefficient (Wildman–Crippen LogP) is 3.96. The van der Waals surface area contributed by atoms with Crippen molar-refractivity contribution in [2.75, 3.05) is 27.9 Å². The van der Waals surface area contributed by atoms with Crippen molar-refractivity contribution in [2.24, 2.45) is 0 Å². The lowest BCUT2D eigenvalue weighted by atomic mass is 9.84. The van der Waals surface area contributed by atoms with Crippen LogP contribution >= 0.6 is 0 Å². The molecule has 0 fully saturated rings. The number of ether oxygens (including phenoxy) is 3. The van der Waals surface area contributed by atoms with Crippen LogP contribution in [0.15, 0.2) is 42.5 Å². The molecule has 0 bridgehead atoms. The lowest BCUT2D eigenvalue weighted by molar-refractivity contribution is -0.116. The van der Waals surface area contributed by atoms with Gasteiger partial charge in [0.05, 0.1) is 21.3 Å². The van der Waals surface area contributed by atoms with E-state index in [4.69, 9.17) is 14.2 Å². The number of methoxy groups -OCH3 is 3. The number of carbonyl (C=O) groups is 1. The van der Waals surface area contributed by atoms with Gasteiger partial charge in [0.1, 0.15) is 5.82 Å². The molecule has 0 saturated heterocycles. The van der Waals surface area contributed by atoms with Gasteiger partial charge in [-0.05, 0) is 35.4 Å². The molecular formula is C22H26FNO4. The molecule has 5 nitrogen and oxygen atoms in total. The van der Waals surface area contributed by atoms with Crippen LogP contribution in [0.3, 0.4) is 0 Å². The Morgan fingerprint density at radius 2 is 1.68 bits per heavy atom. The molecule has 1 amide bonds. The molecule has 2 aromatic carbocycles. The van der Waals surface area contributed by atoms with Gasteiger partial charge < -0.3 is 19.5 Å². The van der Waals surface area contributed by atoms with E-state index in [0.29, 0.717) is 29.4 Å². The molecule has 0 aliphatic rings. The maximum Gasteiger partial charge on any atom is 0.244 e. The second kappa shape index (κ2) is 9.26. The number of hydrogen-bond donors (Lipinski definition) is 1. The Balaban J connectivity index is 2.09. The van der Waals surface area contributed by atoms with Crippen molar-refractivity contribution in [3.05, 3.63) is 59.4 Å². The minimum absolute atomic E-state index is 0.279. The standard InChI is InChI=1S/C22H26FNO4/c1-22(2,16-8-6-7-9-17(16)23)14-24-20(25)11-10-15-12-18(26-3)21(28-5)19(13-15)27-4/h6-13H,14H2,1-5H3,(H,24,25)/b11-10+. The normalized spacial score (nSPS) is 11.4. The third-order valence-corrected chi connectivity index (χ3v) is 4.42. The molecule has 2 rings (SSSR count). The predicted molar refractivity (Wildman–Crippen MR) is 108 cm³/mol. The third-order valence-electron chi connectivity index (χ3n) is 4.42. The highest BCUT2D eigenvalue weighted by Crippen LogP contribution is 2.38. The molecule has 0 aliphatic carbocycles. The van der Waals surface area contributed by atoms with Gasteiger partial charge in [-0.2, -0.15) is 0 Å². The van der Waals surface area contributed by atoms with E-state index in [1.54, 1.807) is 36.4 Å². The molecule has 2 aromatic rings. The Kier molecular flexibility index (Phi) is 7.04. The molecule has 0 spiro atoms. The SMILES string of the molecule is COc1cc(/C=C/C(=O)NCC(C)(C)c2ccccc2F)cc(OC)c1OC. The smallest absolute Gasteiger partial charge is 0.244 e. The highest BCUT2D eigenvalue weighted by Gasteiger charge is 2.24. The zero-order chi connectivity index (χ0) is 20.7. The van der Waals surface area contributed by atoms with Crippen molar-refractivity contribution in [3.8, 4) is 17.2 Å². The van der Waals surface area contributed by atoms with Crippen molar-refractivity contribution in [2.45, 2.75) is 19.3 Å². The Bertz CT molecular complexity index is 836. The summed E-state index contributed by atoms with van der Waals surface area (Å²) in [6.45, 7) is 4.07. The second-order valence-corrected chi connectivity index (χ2v) is 6.87. The summed E-state index contributed by atoms with van der Waals surface area (Å²) in [6.07, 6.45) is 3.06. The summed E-state index contributed by atoms with van der Waals surface area (Å²) in [7, 11) is 4.59. The van der Waals surface area contributed by atoms with Crippen LogP contribution in [0.4, 0.5) is 4.39 Å². The van der Waals surface area contributed by atoms with E-state index in [1.807, 2.05) is 13.8 Å². The third kappa shape index (κ3) is 5.03. The highest BCUT2D eigenvalue weighted by molar-refractivity contribution is 5.92. The first-order chi connectivity index (χ1) is 13.3. The highest BCUT2D eigenvalue weighted by atomic mass is 19.1. The maximum absolute atomic E-state index is 14.0. The summed E-state index contributed by atoms with van der Waals surface area (Å²) in [5.74, 6) is 0.927. The van der Waals surface area contributed by atoms with Gasteiger partial charge in [0.2, 0.25) is 11.7 Å². The van der Waals surface area contributed by atoms with E-state index < -0.39 is 5.41 Å². The summed E-state index contributed by atoms with van der Waals surface area (Å²) in [6, 6.07) is 10.1. The summed E-state index contributed by atoms with van der Waals surface area (Å²) in [4.78, 5) is 12.2. The summed E-state index contributed by atoms with van der Waals surface area (Å²) in [5.41, 5.74) is 0.739. The minimum atomic E-state index is -0.540. The lowest BCUT2D eigenvalue weighted by Crippen LogP contribution is -2.36. The average molecular weight is 387 g/mol. The zero-order valence-electron chi connectivity index (χ0n) is 16.8. The Labute approximate surface area is 165 Å². The number of nitrogens with one attached hydrogen (secondary N) is 1. The van der Waals surface area contributed by atoms with Gasteiger partial charge in [0.15, 0.2) is 11.5 Å². The topological polar surface area (TPSA) is 56.8 Å². The molecule has 0 unspecified atom stereocenters. The van der Waals surface area contributed by atoms with Gasteiger partial charge in [-0.25, -0.2) is 4.39 Å². The molecule has 1 N–H and O–H groups in total. The Morgan fingerprint density at radius 1 is 1.07 bits per heavy atom. The van der Waals surface area contributed by atoms with Crippen LogP contribution in [0, 0.1) is 5.82 Å². The van der Waals surface area contributed by atoms with Crippen LogP contribution in [0.1, 0.15) is 25.0 Å². The van der Waals surface area contributed by atoms with Gasteiger partial charge >= 0.3 is 0 Å². The fraction of sp³-hybridized carbons (Fsp3) is 0.318. The fourth-order valence-electron chi connectivity index (χ4n) is 2.84. The average Bonchev–Trinajstić information content (AvgIpc) is 2.69. The second-order valence-electron chi connectivity index (χ2n) is 6.87. The summed E-state index contributed by atoms with van der Waals surface area (Å²) in [5, 5.41) is 2.82. The first-order valence-electron chi connectivity index (χ1n) is 8.83. The first-order valence-corrected chi connectivity index (χ1v) is 8.83. The number of carbonyl (C=O) groups excluding carboxylic acids is 1. The van der Waals surface area contributed by atoms with E-state index in [-0.39, 0.29) is 11.7 Å². The maximum atomic E-state index is 14.0. The number of amides is 1. The van der Waals surface area contributed by atoms with E-state index in [0.717, 1.165) is 5.56 Å². The van der Waals surface area contributed by atoms with Crippen LogP contribution in [0.25, 0.3) is 6.08 Å². The molecular weight excluding hydrogens is 361 g/mol. The molecule has 0 aromatic heterocycles. The molecule has 0 atom stereocenters. The quantitative estimate of drug-likeness (QED) is 0.697. The number of benzene rings is 2. The monoisotopic (exact) mass is 387 g/mol. The van der Waals surface area contributed by atoms with Gasteiger partial charge in [-0.3, -0.25) is 4.79 Å². The van der Waals surface area contributed by atoms with Gasteiger partial charge in [-0.15, -0.1) is 0 Å². The molecule has 0 aliphatic heterocycles. The van der Waals surface area contributed by atoms with Crippen LogP contribution in [-0.2, 0) is 10.2 Å². The first kappa shape index (κ1) is 21.3. The summed E-state index contributed by atoms with van der Waals surface area (Å²) < 4.78 is 29.9. The molecule has 28 heavy (non-hydrogen) atoms. The van der Waals surface area contributed by atoms with Gasteiger partial charge in [-0.1, -0.05) is 32.0 Å². The summed E-state index contributed by atoms with van der Waals surface area (Å²) >= 11 is 0. The van der Waals surface area contributed by atoms with Crippen molar-refractivity contribution in [1.29, 1.82) is 0 Å². The van der Waals surface area contributed by atoms with E-state index >= 15 is 0 Å². The van der Waals surface area contributed by atoms with Gasteiger partial charge in [0.25, 0.3) is 0 Å². The Morgan fingerprint density at radius 3 is 2.21 bits per heavy atom. The molecule has 0 radical (unpaired) electrons. The van der Waals surface area contributed by atoms with E-state index in [2.05, 4.69) is 5.32 Å². The zero-order valence-corrected chi connectivity index (χ0v) is 16.8. The van der Waals surface area contributed by atoms with E-state index in [9.17, 15) is 9.18 Å². The van der Waals surface area contributed by atoms with Crippen LogP contribution in [0.2, 0.25) is 0 Å². The number of hydrogen-bond acceptors (Lipinski definition) is 4. The van der Waals surface area contributed by atoms with Crippen LogP contribution in [-0.4, -0.2) is 33.8 Å². The fourth-order valence-corrected chi connectivity index (χ4v) is 2.84. The van der Waals surface area contributed by atoms with Gasteiger partial charge in [0, 0.05) is 18.0 Å². The molecule has 6 heteroatoms. The van der Waals surface area contributed by atoms with Crippen molar-refractivity contribution in [3.63, 3.8) is 0 Å². The Hall–Kier alpha value is -3.02. The molecule has 0 heterocycles. The number of halogens is 1. The molecule has 0 saturated carbocycles. The number of rotatable bonds is 8. The minimum Gasteiger partial charge on any atom is -0.493 e.